The fraction of sp³-hybridized carbons (Fsp3) is 0.348. The molecule has 0 aliphatic carbocycles. The highest BCUT2D eigenvalue weighted by molar-refractivity contribution is 5.99. The Bertz CT molecular complexity index is 1420. The molecule has 9 nitrogen and oxygen atoms in total. The molecule has 35 heavy (non-hydrogen) atoms. The van der Waals surface area contributed by atoms with Crippen molar-refractivity contribution >= 4 is 5.91 Å². The Kier molecular flexibility index (Phi) is 5.45. The summed E-state index contributed by atoms with van der Waals surface area (Å²) in [5.41, 5.74) is 0.939. The molecule has 0 atom stereocenters. The van der Waals surface area contributed by atoms with Crippen LogP contribution in [-0.2, 0) is 32.7 Å². The number of alkyl halides is 3. The smallest absolute Gasteiger partial charge is 0.424 e. The predicted octanol–water partition coefficient (Wildman–Crippen LogP) is 3.55. The molecule has 4 heterocycles. The van der Waals surface area contributed by atoms with Crippen LogP contribution < -0.4 is 0 Å². The number of imidazole rings is 1. The number of nitrogens with zero attached hydrogens (tertiary/aromatic N) is 7. The van der Waals surface area contributed by atoms with Gasteiger partial charge in [-0.05, 0) is 42.2 Å². The molecule has 1 aliphatic rings. The second-order valence-corrected chi connectivity index (χ2v) is 8.53. The lowest BCUT2D eigenvalue weighted by Crippen LogP contribution is -2.37. The number of halogens is 3. The number of aromatic nitrogens is 6. The lowest BCUT2D eigenvalue weighted by molar-refractivity contribution is -0.140. The second kappa shape index (κ2) is 8.36. The number of aryl methyl sites for hydroxylation is 3. The van der Waals surface area contributed by atoms with Crippen molar-refractivity contribution in [1.29, 1.82) is 0 Å². The van der Waals surface area contributed by atoms with Gasteiger partial charge in [0.05, 0.1) is 6.54 Å². The van der Waals surface area contributed by atoms with Gasteiger partial charge in [0, 0.05) is 56.8 Å². The van der Waals surface area contributed by atoms with Gasteiger partial charge in [0.1, 0.15) is 5.82 Å². The number of fused-ring (bicyclic) bond motifs is 1. The molecule has 0 saturated carbocycles. The van der Waals surface area contributed by atoms with Crippen LogP contribution in [0.4, 0.5) is 13.2 Å². The van der Waals surface area contributed by atoms with Crippen molar-refractivity contribution in [2.24, 2.45) is 7.05 Å². The first-order valence-corrected chi connectivity index (χ1v) is 10.9. The Hall–Kier alpha value is -3.96. The second-order valence-electron chi connectivity index (χ2n) is 8.53. The normalized spacial score (nSPS) is 14.0. The van der Waals surface area contributed by atoms with E-state index in [9.17, 15) is 18.0 Å². The third kappa shape index (κ3) is 4.31. The molecule has 4 aromatic rings. The quantitative estimate of drug-likeness (QED) is 0.429. The third-order valence-electron chi connectivity index (χ3n) is 6.02. The first kappa shape index (κ1) is 22.8. The van der Waals surface area contributed by atoms with Gasteiger partial charge in [-0.1, -0.05) is 0 Å². The number of rotatable bonds is 5. The number of amides is 1. The molecule has 1 amide bonds. The van der Waals surface area contributed by atoms with Crippen molar-refractivity contribution in [2.45, 2.75) is 39.5 Å². The number of hydrogen-bond acceptors (Lipinski definition) is 6. The zero-order valence-corrected chi connectivity index (χ0v) is 19.3. The lowest BCUT2D eigenvalue weighted by atomic mass is 9.88. The minimum atomic E-state index is -4.64. The number of carbonyl (C=O) groups excluding carboxylic acids is 1. The summed E-state index contributed by atoms with van der Waals surface area (Å²) in [5, 5.41) is 11.4. The van der Waals surface area contributed by atoms with Gasteiger partial charge in [0.15, 0.2) is 5.69 Å². The molecule has 0 radical (unpaired) electrons. The molecule has 0 bridgehead atoms. The first-order chi connectivity index (χ1) is 16.6. The molecule has 5 rings (SSSR count). The Morgan fingerprint density at radius 1 is 1.09 bits per heavy atom. The minimum Gasteiger partial charge on any atom is -0.424 e. The molecule has 0 fully saturated rings. The molecule has 0 spiro atoms. The van der Waals surface area contributed by atoms with Crippen LogP contribution in [0, 0.1) is 13.8 Å². The van der Waals surface area contributed by atoms with E-state index in [0.717, 1.165) is 10.5 Å². The van der Waals surface area contributed by atoms with Crippen molar-refractivity contribution in [2.75, 3.05) is 6.54 Å². The Balaban J connectivity index is 1.62. The van der Waals surface area contributed by atoms with Crippen LogP contribution in [0.1, 0.15) is 44.8 Å². The van der Waals surface area contributed by atoms with Crippen LogP contribution in [0.5, 0.6) is 0 Å². The third-order valence-corrected chi connectivity index (χ3v) is 6.02. The summed E-state index contributed by atoms with van der Waals surface area (Å²) in [6.07, 6.45) is 0.520. The Morgan fingerprint density at radius 3 is 2.51 bits per heavy atom. The van der Waals surface area contributed by atoms with Crippen molar-refractivity contribution in [1.82, 2.24) is 34.4 Å². The predicted molar refractivity (Wildman–Crippen MR) is 117 cm³/mol. The highest BCUT2D eigenvalue weighted by Crippen LogP contribution is 2.40. The van der Waals surface area contributed by atoms with Crippen LogP contribution in [0.3, 0.4) is 0 Å². The van der Waals surface area contributed by atoms with E-state index in [2.05, 4.69) is 20.3 Å². The Labute approximate surface area is 198 Å². The number of benzene rings is 1. The summed E-state index contributed by atoms with van der Waals surface area (Å²) in [6.45, 7) is 4.28. The van der Waals surface area contributed by atoms with Gasteiger partial charge in [-0.25, -0.2) is 4.98 Å². The average molecular weight is 485 g/mol. The fourth-order valence-electron chi connectivity index (χ4n) is 4.42. The molecular formula is C23H22F3N7O2. The fourth-order valence-corrected chi connectivity index (χ4v) is 4.42. The zero-order chi connectivity index (χ0) is 24.9. The molecule has 1 aromatic carbocycles. The molecule has 0 saturated heterocycles. The molecule has 0 N–H and O–H groups in total. The van der Waals surface area contributed by atoms with Crippen LogP contribution >= 0.6 is 0 Å². The first-order valence-electron chi connectivity index (χ1n) is 10.9. The summed E-state index contributed by atoms with van der Waals surface area (Å²) in [6, 6.07) is 3.46. The van der Waals surface area contributed by atoms with E-state index in [1.165, 1.54) is 13.2 Å². The van der Waals surface area contributed by atoms with E-state index in [0.29, 0.717) is 53.5 Å². The van der Waals surface area contributed by atoms with E-state index >= 15 is 0 Å². The average Bonchev–Trinajstić information content (AvgIpc) is 3.50. The van der Waals surface area contributed by atoms with Gasteiger partial charge in [-0.15, -0.1) is 10.2 Å². The van der Waals surface area contributed by atoms with E-state index < -0.39 is 11.9 Å². The van der Waals surface area contributed by atoms with Gasteiger partial charge >= 0.3 is 6.18 Å². The minimum absolute atomic E-state index is 0.0470. The number of carbonyl (C=O) groups is 1. The van der Waals surface area contributed by atoms with Gasteiger partial charge in [0.2, 0.25) is 11.8 Å². The van der Waals surface area contributed by atoms with Crippen LogP contribution in [0.25, 0.3) is 11.1 Å². The van der Waals surface area contributed by atoms with Gasteiger partial charge in [-0.2, -0.15) is 18.3 Å². The maximum Gasteiger partial charge on any atom is 0.435 e. The van der Waals surface area contributed by atoms with E-state index in [4.69, 9.17) is 4.42 Å². The van der Waals surface area contributed by atoms with E-state index in [1.807, 2.05) is 11.5 Å². The maximum absolute atomic E-state index is 13.8. The Morgan fingerprint density at radius 2 is 1.86 bits per heavy atom. The SMILES string of the molecule is Cc1nnc(CN2CCc3c(cc(Cn4ccnc4C)cc3-c3cn(C)nc3C(F)(F)F)C2=O)o1. The van der Waals surface area contributed by atoms with Crippen LogP contribution in [0.15, 0.2) is 35.1 Å². The summed E-state index contributed by atoms with van der Waals surface area (Å²) in [5.74, 6) is 1.14. The standard InChI is InChI=1S/C23H22F3N7O2/c1-13-27-5-7-32(13)10-15-8-17(19-11-31(3)30-21(19)23(24,25)26)16-4-6-33(22(34)18(16)9-15)12-20-29-28-14(2)35-20/h5,7-9,11H,4,6,10,12H2,1-3H3. The number of hydrogen-bond donors (Lipinski definition) is 0. The molecular weight excluding hydrogens is 463 g/mol. The summed E-state index contributed by atoms with van der Waals surface area (Å²) in [4.78, 5) is 19.3. The summed E-state index contributed by atoms with van der Waals surface area (Å²) < 4.78 is 49.9. The molecule has 12 heteroatoms. The van der Waals surface area contributed by atoms with Crippen molar-refractivity contribution < 1.29 is 22.4 Å². The monoisotopic (exact) mass is 485 g/mol. The molecule has 0 unspecified atom stereocenters. The van der Waals surface area contributed by atoms with Gasteiger partial charge in [-0.3, -0.25) is 9.48 Å². The van der Waals surface area contributed by atoms with E-state index in [1.54, 1.807) is 36.4 Å². The van der Waals surface area contributed by atoms with Gasteiger partial charge < -0.3 is 13.9 Å². The van der Waals surface area contributed by atoms with Crippen molar-refractivity contribution in [3.63, 3.8) is 0 Å². The molecule has 1 aliphatic heterocycles. The zero-order valence-electron chi connectivity index (χ0n) is 19.3. The highest BCUT2D eigenvalue weighted by atomic mass is 19.4. The summed E-state index contributed by atoms with van der Waals surface area (Å²) >= 11 is 0. The maximum atomic E-state index is 13.8. The van der Waals surface area contributed by atoms with Crippen LogP contribution in [0.2, 0.25) is 0 Å². The van der Waals surface area contributed by atoms with Crippen molar-refractivity contribution in [3.05, 3.63) is 70.7 Å². The van der Waals surface area contributed by atoms with Gasteiger partial charge in [0.25, 0.3) is 5.91 Å². The molecule has 182 valence electrons. The molecule has 3 aromatic heterocycles. The lowest BCUT2D eigenvalue weighted by Gasteiger charge is -2.29. The van der Waals surface area contributed by atoms with E-state index in [-0.39, 0.29) is 18.0 Å². The summed E-state index contributed by atoms with van der Waals surface area (Å²) in [7, 11) is 1.45. The largest absolute Gasteiger partial charge is 0.435 e. The highest BCUT2D eigenvalue weighted by Gasteiger charge is 2.39. The van der Waals surface area contributed by atoms with Crippen LogP contribution in [-0.4, -0.2) is 46.9 Å². The topological polar surface area (TPSA) is 94.9 Å². The van der Waals surface area contributed by atoms with Crippen molar-refractivity contribution in [3.8, 4) is 11.1 Å².